The number of amides is 1. The first-order chi connectivity index (χ1) is 9.88. The van der Waals surface area contributed by atoms with Crippen LogP contribution in [0.1, 0.15) is 27.0 Å². The molecule has 1 aromatic carbocycles. The molecule has 2 aromatic rings. The molecule has 3 nitrogen and oxygen atoms in total. The lowest BCUT2D eigenvalue weighted by molar-refractivity contribution is 0.0950. The van der Waals surface area contributed by atoms with Crippen LogP contribution in [0.5, 0.6) is 0 Å². The molecule has 0 spiro atoms. The summed E-state index contributed by atoms with van der Waals surface area (Å²) in [6.45, 7) is 3.50. The van der Waals surface area contributed by atoms with E-state index in [0.717, 1.165) is 17.8 Å². The maximum atomic E-state index is 13.5. The minimum atomic E-state index is -0.641. The van der Waals surface area contributed by atoms with E-state index in [4.69, 9.17) is 11.6 Å². The monoisotopic (exact) mass is 310 g/mol. The van der Waals surface area contributed by atoms with Gasteiger partial charge in [-0.1, -0.05) is 23.7 Å². The summed E-state index contributed by atoms with van der Waals surface area (Å²) >= 11 is 5.76. The van der Waals surface area contributed by atoms with Crippen molar-refractivity contribution in [1.29, 1.82) is 0 Å². The Morgan fingerprint density at radius 3 is 2.48 bits per heavy atom. The Bertz CT molecular complexity index is 681. The van der Waals surface area contributed by atoms with Crippen molar-refractivity contribution in [1.82, 2.24) is 10.3 Å². The Morgan fingerprint density at radius 1 is 1.24 bits per heavy atom. The van der Waals surface area contributed by atoms with Crippen LogP contribution >= 0.6 is 11.6 Å². The smallest absolute Gasteiger partial charge is 0.254 e. The minimum Gasteiger partial charge on any atom is -0.348 e. The van der Waals surface area contributed by atoms with E-state index in [1.807, 2.05) is 0 Å². The maximum Gasteiger partial charge on any atom is 0.254 e. The van der Waals surface area contributed by atoms with E-state index in [1.165, 1.54) is 0 Å². The normalized spacial score (nSPS) is 10.5. The molecule has 0 radical (unpaired) electrons. The molecule has 1 N–H and O–H groups in total. The van der Waals surface area contributed by atoms with Gasteiger partial charge in [0.1, 0.15) is 16.8 Å². The number of hydrogen-bond acceptors (Lipinski definition) is 2. The molecule has 0 saturated carbocycles. The van der Waals surface area contributed by atoms with Crippen LogP contribution in [-0.4, -0.2) is 10.9 Å². The van der Waals surface area contributed by atoms with Gasteiger partial charge < -0.3 is 5.32 Å². The number of halogens is 3. The Balaban J connectivity index is 2.13. The van der Waals surface area contributed by atoms with E-state index in [1.54, 1.807) is 26.0 Å². The fourth-order valence-electron chi connectivity index (χ4n) is 2.00. The van der Waals surface area contributed by atoms with Gasteiger partial charge in [-0.25, -0.2) is 13.8 Å². The van der Waals surface area contributed by atoms with E-state index in [9.17, 15) is 13.6 Å². The van der Waals surface area contributed by atoms with Crippen molar-refractivity contribution in [2.24, 2.45) is 0 Å². The highest BCUT2D eigenvalue weighted by atomic mass is 35.5. The van der Waals surface area contributed by atoms with Crippen molar-refractivity contribution < 1.29 is 13.6 Å². The van der Waals surface area contributed by atoms with Gasteiger partial charge in [-0.2, -0.15) is 0 Å². The molecule has 0 atom stereocenters. The molecule has 6 heteroatoms. The number of aromatic nitrogens is 1. The van der Waals surface area contributed by atoms with Crippen molar-refractivity contribution in [3.63, 3.8) is 0 Å². The quantitative estimate of drug-likeness (QED) is 0.881. The summed E-state index contributed by atoms with van der Waals surface area (Å²) in [5.74, 6) is -1.44. The summed E-state index contributed by atoms with van der Waals surface area (Å²) < 4.78 is 26.6. The van der Waals surface area contributed by atoms with E-state index < -0.39 is 11.7 Å². The van der Waals surface area contributed by atoms with Gasteiger partial charge in [-0.05, 0) is 36.6 Å². The summed E-state index contributed by atoms with van der Waals surface area (Å²) in [5.41, 5.74) is 1.72. The summed E-state index contributed by atoms with van der Waals surface area (Å²) in [4.78, 5) is 15.5. The van der Waals surface area contributed by atoms with E-state index in [2.05, 4.69) is 10.3 Å². The van der Waals surface area contributed by atoms with Crippen molar-refractivity contribution >= 4 is 17.5 Å². The van der Waals surface area contributed by atoms with Crippen LogP contribution < -0.4 is 5.32 Å². The average Bonchev–Trinajstić information content (AvgIpc) is 2.44. The first kappa shape index (κ1) is 15.4. The molecule has 1 heterocycles. The third-order valence-electron chi connectivity index (χ3n) is 3.00. The predicted octanol–water partition coefficient (Wildman–Crippen LogP) is 3.56. The number of benzene rings is 1. The van der Waals surface area contributed by atoms with Gasteiger partial charge in [0.15, 0.2) is 0 Å². The second-order valence-corrected chi connectivity index (χ2v) is 5.08. The van der Waals surface area contributed by atoms with Crippen LogP contribution in [0.2, 0.25) is 5.15 Å². The molecule has 21 heavy (non-hydrogen) atoms. The molecule has 0 bridgehead atoms. The SMILES string of the molecule is Cc1cc(CNC(=O)c2cc(F)cnc2Cl)cc(C)c1F. The van der Waals surface area contributed by atoms with Crippen molar-refractivity contribution in [2.45, 2.75) is 20.4 Å². The fraction of sp³-hybridized carbons (Fsp3) is 0.200. The lowest BCUT2D eigenvalue weighted by Gasteiger charge is -2.09. The maximum absolute atomic E-state index is 13.5. The lowest BCUT2D eigenvalue weighted by atomic mass is 10.1. The third-order valence-corrected chi connectivity index (χ3v) is 3.30. The minimum absolute atomic E-state index is 0.0350. The Kier molecular flexibility index (Phi) is 4.53. The number of nitrogens with one attached hydrogen (secondary N) is 1. The highest BCUT2D eigenvalue weighted by molar-refractivity contribution is 6.32. The second kappa shape index (κ2) is 6.18. The number of hydrogen-bond donors (Lipinski definition) is 1. The van der Waals surface area contributed by atoms with Gasteiger partial charge >= 0.3 is 0 Å². The first-order valence-electron chi connectivity index (χ1n) is 6.23. The number of nitrogens with zero attached hydrogens (tertiary/aromatic N) is 1. The standard InChI is InChI=1S/C15H13ClF2N2O/c1-8-3-10(4-9(2)13(8)18)6-20-15(21)12-5-11(17)7-19-14(12)16/h3-5,7H,6H2,1-2H3,(H,20,21). The van der Waals surface area contributed by atoms with Crippen LogP contribution in [0.3, 0.4) is 0 Å². The first-order valence-corrected chi connectivity index (χ1v) is 6.61. The molecule has 0 unspecified atom stereocenters. The molecule has 0 fully saturated rings. The van der Waals surface area contributed by atoms with Crippen molar-refractivity contribution in [3.8, 4) is 0 Å². The molecule has 1 amide bonds. The fourth-order valence-corrected chi connectivity index (χ4v) is 2.19. The predicted molar refractivity (Wildman–Crippen MR) is 76.2 cm³/mol. The van der Waals surface area contributed by atoms with E-state index in [0.29, 0.717) is 11.1 Å². The third kappa shape index (κ3) is 3.55. The van der Waals surface area contributed by atoms with Gasteiger partial charge in [0, 0.05) is 6.54 Å². The number of rotatable bonds is 3. The highest BCUT2D eigenvalue weighted by Gasteiger charge is 2.13. The largest absolute Gasteiger partial charge is 0.348 e. The van der Waals surface area contributed by atoms with Gasteiger partial charge in [0.2, 0.25) is 0 Å². The Labute approximate surface area is 126 Å². The van der Waals surface area contributed by atoms with Crippen molar-refractivity contribution in [3.05, 3.63) is 63.4 Å². The summed E-state index contributed by atoms with van der Waals surface area (Å²) in [6.07, 6.45) is 0.936. The topological polar surface area (TPSA) is 42.0 Å². The number of carbonyl (C=O) groups is 1. The molecule has 110 valence electrons. The van der Waals surface area contributed by atoms with Crippen LogP contribution in [0.4, 0.5) is 8.78 Å². The molecule has 1 aromatic heterocycles. The van der Waals surface area contributed by atoms with Crippen LogP contribution in [0.15, 0.2) is 24.4 Å². The molecule has 0 aliphatic rings. The molecule has 2 rings (SSSR count). The van der Waals surface area contributed by atoms with Gasteiger partial charge in [0.25, 0.3) is 5.91 Å². The van der Waals surface area contributed by atoms with Gasteiger partial charge in [-0.15, -0.1) is 0 Å². The highest BCUT2D eigenvalue weighted by Crippen LogP contribution is 2.16. The zero-order chi connectivity index (χ0) is 15.6. The lowest BCUT2D eigenvalue weighted by Crippen LogP contribution is -2.23. The number of aryl methyl sites for hydroxylation is 2. The number of pyridine rings is 1. The molecular weight excluding hydrogens is 298 g/mol. The Hall–Kier alpha value is -2.01. The zero-order valence-corrected chi connectivity index (χ0v) is 12.3. The van der Waals surface area contributed by atoms with Gasteiger partial charge in [0.05, 0.1) is 11.8 Å². The average molecular weight is 311 g/mol. The molecule has 0 aliphatic heterocycles. The van der Waals surface area contributed by atoms with E-state index >= 15 is 0 Å². The molecular formula is C15H13ClF2N2O. The Morgan fingerprint density at radius 2 is 1.86 bits per heavy atom. The summed E-state index contributed by atoms with van der Waals surface area (Å²) in [5, 5.41) is 2.54. The van der Waals surface area contributed by atoms with Gasteiger partial charge in [-0.3, -0.25) is 4.79 Å². The van der Waals surface area contributed by atoms with Crippen LogP contribution in [0.25, 0.3) is 0 Å². The van der Waals surface area contributed by atoms with Crippen molar-refractivity contribution in [2.75, 3.05) is 0 Å². The van der Waals surface area contributed by atoms with Crippen LogP contribution in [0, 0.1) is 25.5 Å². The summed E-state index contributed by atoms with van der Waals surface area (Å²) in [6, 6.07) is 4.31. The number of carbonyl (C=O) groups excluding carboxylic acids is 1. The zero-order valence-electron chi connectivity index (χ0n) is 11.5. The van der Waals surface area contributed by atoms with E-state index in [-0.39, 0.29) is 23.1 Å². The molecule has 0 saturated heterocycles. The second-order valence-electron chi connectivity index (χ2n) is 4.72. The molecule has 0 aliphatic carbocycles. The summed E-state index contributed by atoms with van der Waals surface area (Å²) in [7, 11) is 0. The van der Waals surface area contributed by atoms with Crippen LogP contribution in [-0.2, 0) is 6.54 Å².